The van der Waals surface area contributed by atoms with E-state index in [2.05, 4.69) is 0 Å². The van der Waals surface area contributed by atoms with Crippen molar-refractivity contribution in [1.82, 2.24) is 0 Å². The van der Waals surface area contributed by atoms with Crippen LogP contribution in [0, 0.1) is 0 Å². The maximum absolute atomic E-state index is 12.6. The molecule has 5 heteroatoms. The number of hydrogen-bond donors (Lipinski definition) is 1. The lowest BCUT2D eigenvalue weighted by Gasteiger charge is -2.15. The van der Waals surface area contributed by atoms with Crippen LogP contribution in [0.5, 0.6) is 17.2 Å². The van der Waals surface area contributed by atoms with Gasteiger partial charge in [-0.05, 0) is 30.3 Å². The van der Waals surface area contributed by atoms with E-state index in [1.807, 2.05) is 0 Å². The molecule has 1 N–H and O–H groups in total. The number of phenols is 1. The number of carbonyl (C=O) groups is 1. The number of fused-ring (bicyclic) bond motifs is 1. The summed E-state index contributed by atoms with van der Waals surface area (Å²) < 4.78 is 10.6. The third-order valence-corrected chi connectivity index (χ3v) is 3.59. The number of carbonyl (C=O) groups excluding carboxylic acids is 1. The first-order valence-electron chi connectivity index (χ1n) is 6.50. The summed E-state index contributed by atoms with van der Waals surface area (Å²) in [6, 6.07) is 10.0. The molecular formula is C16H15NO4. The van der Waals surface area contributed by atoms with Crippen LogP contribution in [-0.2, 0) is 6.54 Å². The van der Waals surface area contributed by atoms with Gasteiger partial charge in [0.25, 0.3) is 5.91 Å². The molecule has 108 valence electrons. The maximum atomic E-state index is 12.6. The van der Waals surface area contributed by atoms with Gasteiger partial charge in [-0.2, -0.15) is 0 Å². The summed E-state index contributed by atoms with van der Waals surface area (Å²) in [5, 5.41) is 9.35. The van der Waals surface area contributed by atoms with Crippen molar-refractivity contribution in [2.75, 3.05) is 19.1 Å². The molecule has 2 aromatic carbocycles. The Kier molecular flexibility index (Phi) is 3.17. The van der Waals surface area contributed by atoms with E-state index in [4.69, 9.17) is 9.47 Å². The number of phenolic OH excluding ortho intramolecular Hbond substituents is 1. The largest absolute Gasteiger partial charge is 0.508 e. The third-order valence-electron chi connectivity index (χ3n) is 3.59. The molecule has 3 rings (SSSR count). The van der Waals surface area contributed by atoms with E-state index in [0.717, 1.165) is 11.3 Å². The van der Waals surface area contributed by atoms with Gasteiger partial charge in [0.2, 0.25) is 0 Å². The highest BCUT2D eigenvalue weighted by Crippen LogP contribution is 2.37. The summed E-state index contributed by atoms with van der Waals surface area (Å²) in [5.41, 5.74) is 2.16. The van der Waals surface area contributed by atoms with E-state index in [0.29, 0.717) is 23.6 Å². The number of amides is 1. The summed E-state index contributed by atoms with van der Waals surface area (Å²) in [6.07, 6.45) is 0. The van der Waals surface area contributed by atoms with Crippen LogP contribution in [0.15, 0.2) is 36.4 Å². The Morgan fingerprint density at radius 1 is 1.10 bits per heavy atom. The molecule has 0 atom stereocenters. The lowest BCUT2D eigenvalue weighted by atomic mass is 10.1. The molecule has 21 heavy (non-hydrogen) atoms. The van der Waals surface area contributed by atoms with Crippen molar-refractivity contribution in [2.24, 2.45) is 0 Å². The monoisotopic (exact) mass is 285 g/mol. The molecule has 2 aromatic rings. The van der Waals surface area contributed by atoms with E-state index >= 15 is 0 Å². The molecule has 1 amide bonds. The number of nitrogens with zero attached hydrogens (tertiary/aromatic N) is 1. The average molecular weight is 285 g/mol. The first-order valence-corrected chi connectivity index (χ1v) is 6.50. The lowest BCUT2D eigenvalue weighted by Crippen LogP contribution is -2.22. The summed E-state index contributed by atoms with van der Waals surface area (Å²) in [5.74, 6) is 1.29. The van der Waals surface area contributed by atoms with Crippen LogP contribution in [0.1, 0.15) is 15.9 Å². The normalized spacial score (nSPS) is 13.2. The topological polar surface area (TPSA) is 59.0 Å². The zero-order chi connectivity index (χ0) is 15.0. The van der Waals surface area contributed by atoms with Crippen molar-refractivity contribution in [3.63, 3.8) is 0 Å². The van der Waals surface area contributed by atoms with Gasteiger partial charge in [-0.3, -0.25) is 4.79 Å². The molecule has 0 bridgehead atoms. The van der Waals surface area contributed by atoms with Gasteiger partial charge in [-0.25, -0.2) is 0 Å². The second kappa shape index (κ2) is 5.01. The van der Waals surface area contributed by atoms with Crippen LogP contribution in [0.2, 0.25) is 0 Å². The molecule has 5 nitrogen and oxygen atoms in total. The number of hydrogen-bond acceptors (Lipinski definition) is 4. The Hall–Kier alpha value is -2.69. The number of methoxy groups -OCH3 is 2. The van der Waals surface area contributed by atoms with E-state index in [9.17, 15) is 9.90 Å². The predicted octanol–water partition coefficient (Wildman–Crippen LogP) is 2.57. The minimum atomic E-state index is -0.104. The standard InChI is InChI=1S/C16H15NO4/c1-20-12-7-13-14(15(8-12)21-2)9-17(16(13)19)10-3-5-11(18)6-4-10/h3-8,18H,9H2,1-2H3. The van der Waals surface area contributed by atoms with Crippen LogP contribution in [0.4, 0.5) is 5.69 Å². The number of benzene rings is 2. The van der Waals surface area contributed by atoms with Crippen LogP contribution >= 0.6 is 0 Å². The van der Waals surface area contributed by atoms with Crippen molar-refractivity contribution < 1.29 is 19.4 Å². The van der Waals surface area contributed by atoms with Gasteiger partial charge >= 0.3 is 0 Å². The first kappa shape index (κ1) is 13.3. The van der Waals surface area contributed by atoms with Gasteiger partial charge < -0.3 is 19.5 Å². The minimum absolute atomic E-state index is 0.104. The van der Waals surface area contributed by atoms with Gasteiger partial charge in [0.15, 0.2) is 0 Å². The van der Waals surface area contributed by atoms with E-state index in [-0.39, 0.29) is 11.7 Å². The number of aromatic hydroxyl groups is 1. The summed E-state index contributed by atoms with van der Waals surface area (Å²) in [6.45, 7) is 0.437. The number of anilines is 1. The average Bonchev–Trinajstić information content (AvgIpc) is 2.84. The smallest absolute Gasteiger partial charge is 0.259 e. The highest BCUT2D eigenvalue weighted by molar-refractivity contribution is 6.10. The molecule has 0 aliphatic carbocycles. The first-order chi connectivity index (χ1) is 10.1. The Labute approximate surface area is 122 Å². The van der Waals surface area contributed by atoms with Crippen molar-refractivity contribution >= 4 is 11.6 Å². The molecule has 1 heterocycles. The summed E-state index contributed by atoms with van der Waals surface area (Å²) in [7, 11) is 3.13. The van der Waals surface area contributed by atoms with Crippen LogP contribution < -0.4 is 14.4 Å². The summed E-state index contributed by atoms with van der Waals surface area (Å²) in [4.78, 5) is 14.2. The second-order valence-corrected chi connectivity index (χ2v) is 4.76. The molecule has 0 saturated carbocycles. The zero-order valence-corrected chi connectivity index (χ0v) is 11.8. The molecule has 1 aliphatic heterocycles. The third kappa shape index (κ3) is 2.16. The quantitative estimate of drug-likeness (QED) is 0.941. The molecular weight excluding hydrogens is 270 g/mol. The lowest BCUT2D eigenvalue weighted by molar-refractivity contribution is 0.0996. The van der Waals surface area contributed by atoms with Gasteiger partial charge in [0, 0.05) is 17.3 Å². The summed E-state index contributed by atoms with van der Waals surface area (Å²) >= 11 is 0. The molecule has 1 aliphatic rings. The van der Waals surface area contributed by atoms with Crippen LogP contribution in [0.25, 0.3) is 0 Å². The minimum Gasteiger partial charge on any atom is -0.508 e. The number of rotatable bonds is 3. The van der Waals surface area contributed by atoms with Crippen molar-refractivity contribution in [3.8, 4) is 17.2 Å². The van der Waals surface area contributed by atoms with Crippen molar-refractivity contribution in [2.45, 2.75) is 6.54 Å². The molecule has 0 aromatic heterocycles. The van der Waals surface area contributed by atoms with Gasteiger partial charge in [0.1, 0.15) is 17.2 Å². The predicted molar refractivity (Wildman–Crippen MR) is 78.2 cm³/mol. The fourth-order valence-corrected chi connectivity index (χ4v) is 2.49. The highest BCUT2D eigenvalue weighted by atomic mass is 16.5. The van der Waals surface area contributed by atoms with Crippen LogP contribution in [0.3, 0.4) is 0 Å². The van der Waals surface area contributed by atoms with Gasteiger partial charge in [-0.1, -0.05) is 0 Å². The van der Waals surface area contributed by atoms with E-state index in [1.54, 1.807) is 55.5 Å². The van der Waals surface area contributed by atoms with E-state index in [1.165, 1.54) is 0 Å². The fraction of sp³-hybridized carbons (Fsp3) is 0.188. The highest BCUT2D eigenvalue weighted by Gasteiger charge is 2.31. The molecule has 0 unspecified atom stereocenters. The Morgan fingerprint density at radius 2 is 1.81 bits per heavy atom. The Bertz CT molecular complexity index is 694. The maximum Gasteiger partial charge on any atom is 0.259 e. The fourth-order valence-electron chi connectivity index (χ4n) is 2.49. The Morgan fingerprint density at radius 3 is 2.43 bits per heavy atom. The van der Waals surface area contributed by atoms with Crippen molar-refractivity contribution in [1.29, 1.82) is 0 Å². The SMILES string of the molecule is COc1cc(OC)c2c(c1)C(=O)N(c1ccc(O)cc1)C2. The van der Waals surface area contributed by atoms with Crippen molar-refractivity contribution in [3.05, 3.63) is 47.5 Å². The molecule has 0 fully saturated rings. The second-order valence-electron chi connectivity index (χ2n) is 4.76. The van der Waals surface area contributed by atoms with Gasteiger partial charge in [0.05, 0.1) is 26.3 Å². The van der Waals surface area contributed by atoms with E-state index < -0.39 is 0 Å². The zero-order valence-electron chi connectivity index (χ0n) is 11.8. The van der Waals surface area contributed by atoms with Crippen LogP contribution in [-0.4, -0.2) is 25.2 Å². The molecule has 0 spiro atoms. The number of ether oxygens (including phenoxy) is 2. The molecule has 0 saturated heterocycles. The molecule has 0 radical (unpaired) electrons. The van der Waals surface area contributed by atoms with Gasteiger partial charge in [-0.15, -0.1) is 0 Å². The Balaban J connectivity index is 2.03.